The summed E-state index contributed by atoms with van der Waals surface area (Å²) in [6.07, 6.45) is 2.59. The van der Waals surface area contributed by atoms with Crippen LogP contribution >= 0.6 is 22.9 Å². The largest absolute Gasteiger partial charge is 0.298 e. The molecule has 1 heterocycles. The number of halogens is 1. The third-order valence-corrected chi connectivity index (χ3v) is 5.35. The van der Waals surface area contributed by atoms with Gasteiger partial charge in [0.05, 0.1) is 10.6 Å². The molecule has 0 radical (unpaired) electrons. The summed E-state index contributed by atoms with van der Waals surface area (Å²) in [5.41, 5.74) is 1.90. The third kappa shape index (κ3) is 4.40. The maximum atomic E-state index is 13.0. The number of nitrogens with zero attached hydrogens (tertiary/aromatic N) is 3. The summed E-state index contributed by atoms with van der Waals surface area (Å²) in [5.74, 6) is -0.187. The molecular weight excluding hydrogens is 382 g/mol. The number of hydrogen-bond donors (Lipinski definition) is 0. The van der Waals surface area contributed by atoms with Crippen molar-refractivity contribution in [3.63, 3.8) is 0 Å². The summed E-state index contributed by atoms with van der Waals surface area (Å²) in [6, 6.07) is 14.1. The molecule has 0 atom stereocenters. The van der Waals surface area contributed by atoms with Crippen LogP contribution in [0.5, 0.6) is 0 Å². The molecule has 5 nitrogen and oxygen atoms in total. The highest BCUT2D eigenvalue weighted by Crippen LogP contribution is 2.30. The van der Waals surface area contributed by atoms with Crippen LogP contribution in [-0.4, -0.2) is 28.9 Å². The summed E-state index contributed by atoms with van der Waals surface area (Å²) in [7, 11) is 0. The minimum atomic E-state index is -0.187. The highest BCUT2D eigenvalue weighted by atomic mass is 35.5. The van der Waals surface area contributed by atoms with E-state index >= 15 is 0 Å². The van der Waals surface area contributed by atoms with Gasteiger partial charge < -0.3 is 0 Å². The Morgan fingerprint density at radius 3 is 2.56 bits per heavy atom. The second-order valence-corrected chi connectivity index (χ2v) is 7.28. The number of anilines is 1. The van der Waals surface area contributed by atoms with Crippen LogP contribution in [0.25, 0.3) is 10.6 Å². The molecule has 3 rings (SSSR count). The van der Waals surface area contributed by atoms with Crippen LogP contribution in [0, 0.1) is 0 Å². The highest BCUT2D eigenvalue weighted by Gasteiger charge is 2.23. The first-order valence-electron chi connectivity index (χ1n) is 8.59. The zero-order valence-electron chi connectivity index (χ0n) is 14.8. The van der Waals surface area contributed by atoms with E-state index in [4.69, 9.17) is 11.6 Å². The topological polar surface area (TPSA) is 63.2 Å². The maximum absolute atomic E-state index is 13.0. The van der Waals surface area contributed by atoms with Gasteiger partial charge in [-0.15, -0.1) is 10.2 Å². The van der Waals surface area contributed by atoms with Gasteiger partial charge in [-0.05, 0) is 18.6 Å². The molecule has 0 spiro atoms. The van der Waals surface area contributed by atoms with E-state index < -0.39 is 0 Å². The van der Waals surface area contributed by atoms with E-state index in [1.165, 1.54) is 11.3 Å². The van der Waals surface area contributed by atoms with E-state index in [1.54, 1.807) is 41.3 Å². The van der Waals surface area contributed by atoms with Gasteiger partial charge in [-0.25, -0.2) is 0 Å². The van der Waals surface area contributed by atoms with E-state index in [0.717, 1.165) is 24.7 Å². The molecule has 138 valence electrons. The summed E-state index contributed by atoms with van der Waals surface area (Å²) < 4.78 is 0. The Morgan fingerprint density at radius 1 is 1.15 bits per heavy atom. The summed E-state index contributed by atoms with van der Waals surface area (Å²) in [4.78, 5) is 25.5. The number of unbranched alkanes of at least 4 members (excludes halogenated alkanes) is 1. The number of carbonyl (C=O) groups excluding carboxylic acids is 2. The summed E-state index contributed by atoms with van der Waals surface area (Å²) in [6.45, 7) is 2.61. The number of amides is 1. The van der Waals surface area contributed by atoms with Gasteiger partial charge >= 0.3 is 0 Å². The predicted molar refractivity (Wildman–Crippen MR) is 109 cm³/mol. The molecule has 3 aromatic rings. The van der Waals surface area contributed by atoms with Crippen LogP contribution in [0.3, 0.4) is 0 Å². The van der Waals surface area contributed by atoms with E-state index in [9.17, 15) is 9.59 Å². The second kappa shape index (κ2) is 8.88. The molecule has 0 aliphatic carbocycles. The standard InChI is InChI=1S/C20H18ClN3O2S/c1-2-3-12-24(19(26)16-6-4-5-7-17(16)21)20-23-22-18(27-20)15-10-8-14(13-25)9-11-15/h4-11,13H,2-3,12H2,1H3. The van der Waals surface area contributed by atoms with Crippen LogP contribution in [0.15, 0.2) is 48.5 Å². The number of aromatic nitrogens is 2. The Morgan fingerprint density at radius 2 is 1.89 bits per heavy atom. The molecule has 0 fully saturated rings. The predicted octanol–water partition coefficient (Wildman–Crippen LogP) is 5.12. The van der Waals surface area contributed by atoms with E-state index in [2.05, 4.69) is 17.1 Å². The lowest BCUT2D eigenvalue weighted by Gasteiger charge is -2.19. The van der Waals surface area contributed by atoms with Gasteiger partial charge in [0, 0.05) is 17.7 Å². The van der Waals surface area contributed by atoms with Gasteiger partial charge in [-0.1, -0.05) is 72.7 Å². The molecule has 7 heteroatoms. The lowest BCUT2D eigenvalue weighted by Crippen LogP contribution is -2.32. The normalized spacial score (nSPS) is 10.6. The quantitative estimate of drug-likeness (QED) is 0.517. The molecule has 0 N–H and O–H groups in total. The van der Waals surface area contributed by atoms with Crippen molar-refractivity contribution in [2.24, 2.45) is 0 Å². The first-order valence-corrected chi connectivity index (χ1v) is 9.79. The van der Waals surface area contributed by atoms with Gasteiger partial charge in [0.2, 0.25) is 5.13 Å². The highest BCUT2D eigenvalue weighted by molar-refractivity contribution is 7.18. The van der Waals surface area contributed by atoms with Crippen molar-refractivity contribution in [1.82, 2.24) is 10.2 Å². The number of rotatable bonds is 7. The Hall–Kier alpha value is -2.57. The SMILES string of the molecule is CCCCN(C(=O)c1ccccc1Cl)c1nnc(-c2ccc(C=O)cc2)s1. The fraction of sp³-hybridized carbons (Fsp3) is 0.200. The molecule has 0 saturated heterocycles. The van der Waals surface area contributed by atoms with Crippen molar-refractivity contribution in [2.75, 3.05) is 11.4 Å². The van der Waals surface area contributed by atoms with Gasteiger partial charge in [0.1, 0.15) is 11.3 Å². The van der Waals surface area contributed by atoms with Gasteiger partial charge in [-0.2, -0.15) is 0 Å². The molecular formula is C20H18ClN3O2S. The number of carbonyl (C=O) groups is 2. The first-order chi connectivity index (χ1) is 13.1. The smallest absolute Gasteiger partial charge is 0.261 e. The average molecular weight is 400 g/mol. The van der Waals surface area contributed by atoms with Gasteiger partial charge in [-0.3, -0.25) is 14.5 Å². The minimum absolute atomic E-state index is 0.187. The zero-order chi connectivity index (χ0) is 19.2. The van der Waals surface area contributed by atoms with Crippen LogP contribution in [0.1, 0.15) is 40.5 Å². The molecule has 27 heavy (non-hydrogen) atoms. The molecule has 0 unspecified atom stereocenters. The molecule has 0 bridgehead atoms. The molecule has 2 aromatic carbocycles. The van der Waals surface area contributed by atoms with Crippen LogP contribution in [0.2, 0.25) is 5.02 Å². The Bertz CT molecular complexity index is 940. The van der Waals surface area contributed by atoms with Crippen LogP contribution < -0.4 is 4.90 Å². The Balaban J connectivity index is 1.91. The zero-order valence-corrected chi connectivity index (χ0v) is 16.3. The van der Waals surface area contributed by atoms with Crippen molar-refractivity contribution >= 4 is 40.3 Å². The molecule has 1 amide bonds. The van der Waals surface area contributed by atoms with E-state index in [1.807, 2.05) is 12.1 Å². The maximum Gasteiger partial charge on any atom is 0.261 e. The van der Waals surface area contributed by atoms with Crippen molar-refractivity contribution in [3.05, 3.63) is 64.7 Å². The number of aldehydes is 1. The van der Waals surface area contributed by atoms with Gasteiger partial charge in [0.15, 0.2) is 0 Å². The lowest BCUT2D eigenvalue weighted by molar-refractivity contribution is 0.0986. The fourth-order valence-electron chi connectivity index (χ4n) is 2.53. The monoisotopic (exact) mass is 399 g/mol. The van der Waals surface area contributed by atoms with E-state index in [-0.39, 0.29) is 5.91 Å². The van der Waals surface area contributed by atoms with Gasteiger partial charge in [0.25, 0.3) is 5.91 Å². The molecule has 1 aromatic heterocycles. The minimum Gasteiger partial charge on any atom is -0.298 e. The molecule has 0 aliphatic heterocycles. The van der Waals surface area contributed by atoms with Crippen molar-refractivity contribution in [3.8, 4) is 10.6 Å². The Labute approximate surface area is 166 Å². The first kappa shape index (κ1) is 19.2. The van der Waals surface area contributed by atoms with Crippen molar-refractivity contribution in [2.45, 2.75) is 19.8 Å². The summed E-state index contributed by atoms with van der Waals surface area (Å²) >= 11 is 7.54. The van der Waals surface area contributed by atoms with Crippen LogP contribution in [-0.2, 0) is 0 Å². The average Bonchev–Trinajstić information content (AvgIpc) is 3.18. The molecule has 0 aliphatic rings. The fourth-order valence-corrected chi connectivity index (χ4v) is 3.62. The number of benzene rings is 2. The lowest BCUT2D eigenvalue weighted by atomic mass is 10.2. The molecule has 0 saturated carbocycles. The Kier molecular flexibility index (Phi) is 6.32. The number of hydrogen-bond acceptors (Lipinski definition) is 5. The van der Waals surface area contributed by atoms with Crippen molar-refractivity contribution in [1.29, 1.82) is 0 Å². The van der Waals surface area contributed by atoms with Crippen molar-refractivity contribution < 1.29 is 9.59 Å². The van der Waals surface area contributed by atoms with Crippen LogP contribution in [0.4, 0.5) is 5.13 Å². The summed E-state index contributed by atoms with van der Waals surface area (Å²) in [5, 5.41) is 10.1. The van der Waals surface area contributed by atoms with E-state index in [0.29, 0.717) is 32.8 Å². The second-order valence-electron chi connectivity index (χ2n) is 5.92. The third-order valence-electron chi connectivity index (χ3n) is 4.02.